The number of halogens is 1. The molecule has 2 aromatic carbocycles. The Hall–Kier alpha value is -3.46. The van der Waals surface area contributed by atoms with Crippen LogP contribution in [0.5, 0.6) is 0 Å². The highest BCUT2D eigenvalue weighted by Crippen LogP contribution is 2.32. The zero-order chi connectivity index (χ0) is 23.3. The lowest BCUT2D eigenvalue weighted by atomic mass is 9.95. The number of anilines is 2. The highest BCUT2D eigenvalue weighted by molar-refractivity contribution is 7.80. The zero-order valence-electron chi connectivity index (χ0n) is 18.1. The maximum absolute atomic E-state index is 13.3. The molecule has 0 bridgehead atoms. The monoisotopic (exact) mass is 456 g/mol. The summed E-state index contributed by atoms with van der Waals surface area (Å²) in [4.78, 5) is 26.7. The smallest absolute Gasteiger partial charge is 0.338 e. The molecule has 1 aliphatic rings. The van der Waals surface area contributed by atoms with Gasteiger partial charge in [0.15, 0.2) is 5.11 Å². The minimum atomic E-state index is -0.498. The number of esters is 1. The minimum Gasteiger partial charge on any atom is -0.463 e. The SMILES string of the molecule is CCOC(=O)C1=C(C)N(CC)C(=S)NC1c1ccc(NC(=O)Nc2cccc(F)c2)cc1. The molecule has 0 saturated carbocycles. The van der Waals surface area contributed by atoms with Gasteiger partial charge in [-0.2, -0.15) is 0 Å². The quantitative estimate of drug-likeness (QED) is 0.437. The predicted octanol–water partition coefficient (Wildman–Crippen LogP) is 4.56. The molecule has 3 rings (SSSR count). The van der Waals surface area contributed by atoms with E-state index in [4.69, 9.17) is 17.0 Å². The fraction of sp³-hybridized carbons (Fsp3) is 0.261. The molecule has 32 heavy (non-hydrogen) atoms. The summed E-state index contributed by atoms with van der Waals surface area (Å²) in [5.74, 6) is -0.840. The third-order valence-electron chi connectivity index (χ3n) is 4.99. The molecule has 1 atom stereocenters. The summed E-state index contributed by atoms with van der Waals surface area (Å²) >= 11 is 5.48. The summed E-state index contributed by atoms with van der Waals surface area (Å²) in [5, 5.41) is 9.01. The van der Waals surface area contributed by atoms with Gasteiger partial charge >= 0.3 is 12.0 Å². The molecule has 2 aromatic rings. The summed E-state index contributed by atoms with van der Waals surface area (Å²) in [6, 6.07) is 11.7. The number of benzene rings is 2. The van der Waals surface area contributed by atoms with Crippen molar-refractivity contribution in [3.63, 3.8) is 0 Å². The van der Waals surface area contributed by atoms with E-state index in [9.17, 15) is 14.0 Å². The zero-order valence-corrected chi connectivity index (χ0v) is 18.9. The van der Waals surface area contributed by atoms with Crippen molar-refractivity contribution in [2.75, 3.05) is 23.8 Å². The van der Waals surface area contributed by atoms with Crippen LogP contribution in [0.4, 0.5) is 20.6 Å². The van der Waals surface area contributed by atoms with Gasteiger partial charge in [-0.25, -0.2) is 14.0 Å². The van der Waals surface area contributed by atoms with Gasteiger partial charge in [-0.05, 0) is 68.9 Å². The van der Waals surface area contributed by atoms with Gasteiger partial charge in [-0.15, -0.1) is 0 Å². The first-order valence-corrected chi connectivity index (χ1v) is 10.6. The number of allylic oxidation sites excluding steroid dienone is 1. The van der Waals surface area contributed by atoms with Crippen molar-refractivity contribution in [3.05, 3.63) is 71.2 Å². The Labute approximate surface area is 191 Å². The third kappa shape index (κ3) is 5.23. The number of rotatable bonds is 6. The predicted molar refractivity (Wildman–Crippen MR) is 126 cm³/mol. The third-order valence-corrected chi connectivity index (χ3v) is 5.33. The Balaban J connectivity index is 1.78. The van der Waals surface area contributed by atoms with Crippen LogP contribution in [-0.2, 0) is 9.53 Å². The van der Waals surface area contributed by atoms with E-state index < -0.39 is 23.9 Å². The Kier molecular flexibility index (Phi) is 7.42. The van der Waals surface area contributed by atoms with Crippen molar-refractivity contribution in [1.29, 1.82) is 0 Å². The number of nitrogens with one attached hydrogen (secondary N) is 3. The highest BCUT2D eigenvalue weighted by atomic mass is 32.1. The number of ether oxygens (including phenoxy) is 1. The Morgan fingerprint density at radius 3 is 2.44 bits per heavy atom. The summed E-state index contributed by atoms with van der Waals surface area (Å²) in [6.45, 7) is 6.45. The van der Waals surface area contributed by atoms with E-state index in [1.807, 2.05) is 18.7 Å². The molecule has 2 amide bonds. The van der Waals surface area contributed by atoms with Gasteiger partial charge in [0.25, 0.3) is 0 Å². The molecule has 9 heteroatoms. The van der Waals surface area contributed by atoms with Crippen LogP contribution in [0.2, 0.25) is 0 Å². The van der Waals surface area contributed by atoms with Crippen molar-refractivity contribution in [3.8, 4) is 0 Å². The van der Waals surface area contributed by atoms with Crippen molar-refractivity contribution in [1.82, 2.24) is 10.2 Å². The molecular weight excluding hydrogens is 431 g/mol. The van der Waals surface area contributed by atoms with Crippen molar-refractivity contribution >= 4 is 40.7 Å². The lowest BCUT2D eigenvalue weighted by molar-refractivity contribution is -0.139. The maximum Gasteiger partial charge on any atom is 0.338 e. The van der Waals surface area contributed by atoms with E-state index in [-0.39, 0.29) is 6.61 Å². The summed E-state index contributed by atoms with van der Waals surface area (Å²) in [7, 11) is 0. The number of amides is 2. The summed E-state index contributed by atoms with van der Waals surface area (Å²) < 4.78 is 18.6. The molecule has 0 fully saturated rings. The van der Waals surface area contributed by atoms with Crippen LogP contribution in [0.1, 0.15) is 32.4 Å². The van der Waals surface area contributed by atoms with E-state index in [0.29, 0.717) is 28.6 Å². The van der Waals surface area contributed by atoms with Crippen LogP contribution in [0, 0.1) is 5.82 Å². The van der Waals surface area contributed by atoms with Crippen LogP contribution in [0.15, 0.2) is 59.8 Å². The van der Waals surface area contributed by atoms with E-state index >= 15 is 0 Å². The fourth-order valence-corrected chi connectivity index (χ4v) is 3.89. The van der Waals surface area contributed by atoms with E-state index in [2.05, 4.69) is 16.0 Å². The average Bonchev–Trinajstić information content (AvgIpc) is 2.74. The number of urea groups is 1. The van der Waals surface area contributed by atoms with E-state index in [0.717, 1.165) is 11.3 Å². The average molecular weight is 457 g/mol. The Morgan fingerprint density at radius 2 is 1.81 bits per heavy atom. The Bertz CT molecular complexity index is 1060. The van der Waals surface area contributed by atoms with Gasteiger partial charge in [0.2, 0.25) is 0 Å². The molecule has 0 saturated heterocycles. The molecule has 1 unspecified atom stereocenters. The van der Waals surface area contributed by atoms with Crippen molar-refractivity contribution < 1.29 is 18.7 Å². The minimum absolute atomic E-state index is 0.266. The second kappa shape index (κ2) is 10.2. The van der Waals surface area contributed by atoms with E-state index in [1.54, 1.807) is 37.3 Å². The normalized spacial score (nSPS) is 15.8. The fourth-order valence-electron chi connectivity index (χ4n) is 3.50. The van der Waals surface area contributed by atoms with Gasteiger partial charge in [0.1, 0.15) is 5.82 Å². The number of hydrogen-bond donors (Lipinski definition) is 3. The number of thiocarbonyl (C=S) groups is 1. The molecule has 1 heterocycles. The lowest BCUT2D eigenvalue weighted by Gasteiger charge is -2.37. The second-order valence-corrected chi connectivity index (χ2v) is 7.44. The van der Waals surface area contributed by atoms with Crippen molar-refractivity contribution in [2.24, 2.45) is 0 Å². The van der Waals surface area contributed by atoms with Gasteiger partial charge < -0.3 is 25.6 Å². The number of carbonyl (C=O) groups excluding carboxylic acids is 2. The largest absolute Gasteiger partial charge is 0.463 e. The standard InChI is InChI=1S/C23H25FN4O3S/c1-4-28-14(3)19(21(29)31-5-2)20(27-23(28)32)15-9-11-17(12-10-15)25-22(30)26-18-8-6-7-16(24)13-18/h6-13,20H,4-5H2,1-3H3,(H,27,32)(H2,25,26,30). The first-order chi connectivity index (χ1) is 15.3. The van der Waals surface area contributed by atoms with Crippen LogP contribution in [0.25, 0.3) is 0 Å². The molecule has 3 N–H and O–H groups in total. The van der Waals surface area contributed by atoms with Gasteiger partial charge in [-0.1, -0.05) is 18.2 Å². The van der Waals surface area contributed by atoms with Crippen LogP contribution in [0.3, 0.4) is 0 Å². The van der Waals surface area contributed by atoms with Crippen LogP contribution < -0.4 is 16.0 Å². The number of carbonyl (C=O) groups is 2. The number of hydrogen-bond acceptors (Lipinski definition) is 4. The molecule has 0 spiro atoms. The molecular formula is C23H25FN4O3S. The first-order valence-electron chi connectivity index (χ1n) is 10.2. The lowest BCUT2D eigenvalue weighted by Crippen LogP contribution is -2.47. The molecule has 0 radical (unpaired) electrons. The molecule has 0 aliphatic carbocycles. The topological polar surface area (TPSA) is 82.7 Å². The summed E-state index contributed by atoms with van der Waals surface area (Å²) in [5.41, 5.74) is 2.92. The Morgan fingerprint density at radius 1 is 1.12 bits per heavy atom. The second-order valence-electron chi connectivity index (χ2n) is 7.06. The van der Waals surface area contributed by atoms with Crippen LogP contribution in [-0.4, -0.2) is 35.2 Å². The molecule has 168 valence electrons. The highest BCUT2D eigenvalue weighted by Gasteiger charge is 2.34. The number of nitrogens with zero attached hydrogens (tertiary/aromatic N) is 1. The molecule has 0 aromatic heterocycles. The van der Waals surface area contributed by atoms with E-state index in [1.165, 1.54) is 18.2 Å². The van der Waals surface area contributed by atoms with Crippen molar-refractivity contribution in [2.45, 2.75) is 26.8 Å². The van der Waals surface area contributed by atoms with Crippen LogP contribution >= 0.6 is 12.2 Å². The first kappa shape index (κ1) is 23.2. The van der Waals surface area contributed by atoms with Gasteiger partial charge in [-0.3, -0.25) is 0 Å². The van der Waals surface area contributed by atoms with Gasteiger partial charge in [0, 0.05) is 23.6 Å². The maximum atomic E-state index is 13.3. The summed E-state index contributed by atoms with van der Waals surface area (Å²) in [6.07, 6.45) is 0. The van der Waals surface area contributed by atoms with Gasteiger partial charge in [0.05, 0.1) is 18.2 Å². The molecule has 7 nitrogen and oxygen atoms in total. The molecule has 1 aliphatic heterocycles.